The predicted octanol–water partition coefficient (Wildman–Crippen LogP) is 5.43. The maximum atomic E-state index is 6.00. The van der Waals surface area contributed by atoms with Crippen molar-refractivity contribution in [2.24, 2.45) is 4.99 Å². The minimum Gasteiger partial charge on any atom is -0.493 e. The normalized spacial score (nSPS) is 12.1. The fourth-order valence-corrected chi connectivity index (χ4v) is 2.75. The van der Waals surface area contributed by atoms with Gasteiger partial charge in [-0.2, -0.15) is 0 Å². The summed E-state index contributed by atoms with van der Waals surface area (Å²) in [7, 11) is 3.54. The SMILES string of the molecule is C=Cc1ccc(COC)cc1OCCCC/C(C(C)=NC)=C(\C)C(=C)C.O.[HH]. The van der Waals surface area contributed by atoms with Crippen LogP contribution in [0.15, 0.2) is 53.1 Å². The smallest absolute Gasteiger partial charge is 0.126 e. The first kappa shape index (κ1) is 24.8. The largest absolute Gasteiger partial charge is 0.493 e. The number of methoxy groups -OCH3 is 1. The zero-order valence-corrected chi connectivity index (χ0v) is 17.5. The van der Waals surface area contributed by atoms with Gasteiger partial charge in [-0.15, -0.1) is 0 Å². The van der Waals surface area contributed by atoms with E-state index in [-0.39, 0.29) is 6.90 Å². The monoisotopic (exact) mass is 375 g/mol. The number of hydrogen-bond acceptors (Lipinski definition) is 3. The maximum Gasteiger partial charge on any atom is 0.126 e. The molecule has 0 aliphatic heterocycles. The van der Waals surface area contributed by atoms with Crippen LogP contribution in [0.3, 0.4) is 0 Å². The van der Waals surface area contributed by atoms with Crippen LogP contribution >= 0.6 is 0 Å². The van der Waals surface area contributed by atoms with Crippen LogP contribution in [-0.2, 0) is 11.3 Å². The molecule has 0 fully saturated rings. The third-order valence-corrected chi connectivity index (χ3v) is 4.55. The van der Waals surface area contributed by atoms with Gasteiger partial charge in [0.15, 0.2) is 0 Å². The minimum absolute atomic E-state index is 0. The van der Waals surface area contributed by atoms with Gasteiger partial charge in [0.2, 0.25) is 0 Å². The standard InChI is InChI=1S/C23H33NO2.H2O.H2/c1-8-21-13-12-20(16-25-7)15-23(21)26-14-10-9-11-22(19(5)24-6)18(4)17(2)3;;/h8,12-13,15H,1-2,9-11,14,16H2,3-7H3;1H2;1H/b22-18-,24-19?;;. The lowest BCUT2D eigenvalue weighted by molar-refractivity contribution is 0.184. The van der Waals surface area contributed by atoms with Gasteiger partial charge in [0, 0.05) is 26.9 Å². The summed E-state index contributed by atoms with van der Waals surface area (Å²) in [5.74, 6) is 0.870. The van der Waals surface area contributed by atoms with Crippen molar-refractivity contribution in [2.75, 3.05) is 20.8 Å². The van der Waals surface area contributed by atoms with E-state index in [9.17, 15) is 0 Å². The van der Waals surface area contributed by atoms with E-state index in [1.807, 2.05) is 38.2 Å². The maximum absolute atomic E-state index is 6.00. The first-order valence-corrected chi connectivity index (χ1v) is 9.11. The average molecular weight is 376 g/mol. The molecule has 4 nitrogen and oxygen atoms in total. The molecule has 0 saturated heterocycles. The lowest BCUT2D eigenvalue weighted by atomic mass is 9.96. The lowest BCUT2D eigenvalue weighted by Gasteiger charge is -2.14. The molecule has 0 bridgehead atoms. The molecule has 0 radical (unpaired) electrons. The van der Waals surface area contributed by atoms with Gasteiger partial charge >= 0.3 is 0 Å². The van der Waals surface area contributed by atoms with Gasteiger partial charge in [-0.05, 0) is 62.8 Å². The van der Waals surface area contributed by atoms with Gasteiger partial charge in [0.1, 0.15) is 5.75 Å². The summed E-state index contributed by atoms with van der Waals surface area (Å²) in [5, 5.41) is 0. The number of rotatable bonds is 11. The summed E-state index contributed by atoms with van der Waals surface area (Å²) >= 11 is 0. The van der Waals surface area contributed by atoms with Gasteiger partial charge in [0.05, 0.1) is 13.2 Å². The Kier molecular flexibility index (Phi) is 12.0. The van der Waals surface area contributed by atoms with Crippen LogP contribution in [0, 0.1) is 0 Å². The summed E-state index contributed by atoms with van der Waals surface area (Å²) in [5.41, 5.74) is 6.85. The van der Waals surface area contributed by atoms with E-state index in [0.29, 0.717) is 13.2 Å². The Labute approximate surface area is 166 Å². The zero-order valence-electron chi connectivity index (χ0n) is 17.5. The van der Waals surface area contributed by atoms with Crippen LogP contribution in [-0.4, -0.2) is 32.0 Å². The van der Waals surface area contributed by atoms with Crippen molar-refractivity contribution >= 4 is 11.8 Å². The van der Waals surface area contributed by atoms with Crippen molar-refractivity contribution in [3.8, 4) is 5.75 Å². The number of ether oxygens (including phenoxy) is 2. The molecule has 27 heavy (non-hydrogen) atoms. The Morgan fingerprint density at radius 1 is 1.22 bits per heavy atom. The molecule has 0 heterocycles. The molecule has 0 unspecified atom stereocenters. The number of nitrogens with zero attached hydrogens (tertiary/aromatic N) is 1. The predicted molar refractivity (Wildman–Crippen MR) is 119 cm³/mol. The van der Waals surface area contributed by atoms with E-state index in [4.69, 9.17) is 9.47 Å². The highest BCUT2D eigenvalue weighted by molar-refractivity contribution is 5.99. The molecule has 1 aromatic carbocycles. The highest BCUT2D eigenvalue weighted by atomic mass is 16.5. The second kappa shape index (κ2) is 13.1. The first-order chi connectivity index (χ1) is 12.4. The third kappa shape index (κ3) is 7.94. The molecule has 0 amide bonds. The minimum atomic E-state index is 0. The summed E-state index contributed by atoms with van der Waals surface area (Å²) in [6, 6.07) is 6.09. The molecule has 0 aromatic heterocycles. The van der Waals surface area contributed by atoms with Gasteiger partial charge < -0.3 is 14.9 Å². The van der Waals surface area contributed by atoms with E-state index in [1.165, 1.54) is 11.1 Å². The molecular formula is C23H37NO3. The van der Waals surface area contributed by atoms with Crippen molar-refractivity contribution in [1.29, 1.82) is 0 Å². The number of aliphatic imine (C=N–C) groups is 1. The molecular weight excluding hydrogens is 338 g/mol. The molecule has 2 N–H and O–H groups in total. The summed E-state index contributed by atoms with van der Waals surface area (Å²) < 4.78 is 11.2. The Morgan fingerprint density at radius 3 is 2.48 bits per heavy atom. The summed E-state index contributed by atoms with van der Waals surface area (Å²) in [6.45, 7) is 15.4. The van der Waals surface area contributed by atoms with Crippen LogP contribution in [0.25, 0.3) is 6.08 Å². The Bertz CT molecular complexity index is 693. The Morgan fingerprint density at radius 2 is 1.93 bits per heavy atom. The van der Waals surface area contributed by atoms with Gasteiger partial charge in [0.25, 0.3) is 0 Å². The molecule has 0 atom stereocenters. The molecule has 0 spiro atoms. The fraction of sp³-hybridized carbons (Fsp3) is 0.435. The molecule has 1 rings (SSSR count). The summed E-state index contributed by atoms with van der Waals surface area (Å²) in [4.78, 5) is 4.35. The number of hydrogen-bond donors (Lipinski definition) is 0. The van der Waals surface area contributed by atoms with Crippen molar-refractivity contribution < 1.29 is 16.4 Å². The molecule has 4 heteroatoms. The average Bonchev–Trinajstić information content (AvgIpc) is 2.64. The van der Waals surface area contributed by atoms with Crippen molar-refractivity contribution in [3.63, 3.8) is 0 Å². The van der Waals surface area contributed by atoms with Crippen LogP contribution < -0.4 is 4.74 Å². The fourth-order valence-electron chi connectivity index (χ4n) is 2.75. The van der Waals surface area contributed by atoms with E-state index in [2.05, 4.69) is 32.0 Å². The van der Waals surface area contributed by atoms with E-state index >= 15 is 0 Å². The Hall–Kier alpha value is -2.17. The molecule has 0 saturated carbocycles. The van der Waals surface area contributed by atoms with Crippen molar-refractivity contribution in [2.45, 2.75) is 46.6 Å². The van der Waals surface area contributed by atoms with Gasteiger partial charge in [-0.3, -0.25) is 4.99 Å². The van der Waals surface area contributed by atoms with Crippen LogP contribution in [0.2, 0.25) is 0 Å². The van der Waals surface area contributed by atoms with Crippen molar-refractivity contribution in [1.82, 2.24) is 0 Å². The quantitative estimate of drug-likeness (QED) is 0.294. The van der Waals surface area contributed by atoms with E-state index in [1.54, 1.807) is 7.11 Å². The molecule has 0 aliphatic carbocycles. The highest BCUT2D eigenvalue weighted by Crippen LogP contribution is 2.23. The lowest BCUT2D eigenvalue weighted by Crippen LogP contribution is -2.04. The molecule has 0 aliphatic rings. The first-order valence-electron chi connectivity index (χ1n) is 9.11. The van der Waals surface area contributed by atoms with E-state index in [0.717, 1.165) is 47.4 Å². The second-order valence-corrected chi connectivity index (χ2v) is 6.51. The number of allylic oxidation sites excluding steroid dienone is 3. The number of benzene rings is 1. The molecule has 1 aromatic rings. The highest BCUT2D eigenvalue weighted by Gasteiger charge is 2.08. The zero-order chi connectivity index (χ0) is 19.5. The van der Waals surface area contributed by atoms with Crippen LogP contribution in [0.4, 0.5) is 0 Å². The van der Waals surface area contributed by atoms with E-state index < -0.39 is 0 Å². The topological polar surface area (TPSA) is 62.3 Å². The van der Waals surface area contributed by atoms with Gasteiger partial charge in [-0.1, -0.05) is 36.9 Å². The second-order valence-electron chi connectivity index (χ2n) is 6.51. The Balaban J connectivity index is 0. The number of unbranched alkanes of at least 4 members (excludes halogenated alkanes) is 1. The molecule has 152 valence electrons. The van der Waals surface area contributed by atoms with Crippen molar-refractivity contribution in [3.05, 3.63) is 59.2 Å². The van der Waals surface area contributed by atoms with Crippen LogP contribution in [0.1, 0.15) is 52.6 Å². The third-order valence-electron chi connectivity index (χ3n) is 4.55. The van der Waals surface area contributed by atoms with Gasteiger partial charge in [-0.25, -0.2) is 0 Å². The van der Waals surface area contributed by atoms with Crippen LogP contribution in [0.5, 0.6) is 5.75 Å². The summed E-state index contributed by atoms with van der Waals surface area (Å²) in [6.07, 6.45) is 4.84.